The Bertz CT molecular complexity index is 1520. The predicted molar refractivity (Wildman–Crippen MR) is 320 cm³/mol. The molecule has 0 heterocycles. The normalized spacial score (nSPS) is 12.1. The maximum absolute atomic E-state index is 8.86. The molecule has 0 saturated heterocycles. The molecule has 0 aliphatic heterocycles. The van der Waals surface area contributed by atoms with E-state index in [0.717, 1.165) is 44.6 Å². The van der Waals surface area contributed by atoms with Crippen LogP contribution in [0.1, 0.15) is 198 Å². The van der Waals surface area contributed by atoms with Gasteiger partial charge in [0.05, 0.1) is 6.16 Å². The van der Waals surface area contributed by atoms with Crippen molar-refractivity contribution >= 4 is 56.8 Å². The second-order valence-electron chi connectivity index (χ2n) is 22.4. The molecule has 0 aliphatic rings. The molecule has 3 rings (SSSR count). The molecular weight excluding hydrogens is 948 g/mol. The van der Waals surface area contributed by atoms with Crippen molar-refractivity contribution in [2.45, 2.75) is 234 Å². The van der Waals surface area contributed by atoms with Crippen LogP contribution in [0.2, 0.25) is 36.3 Å². The molecule has 0 saturated carbocycles. The predicted octanol–water partition coefficient (Wildman–Crippen LogP) is 19.0. The highest BCUT2D eigenvalue weighted by Gasteiger charge is 2.45. The van der Waals surface area contributed by atoms with E-state index in [0.29, 0.717) is 11.6 Å². The number of halogens is 1. The Morgan fingerprint density at radius 3 is 1.22 bits per heavy atom. The molecule has 1 N–H and O–H groups in total. The van der Waals surface area contributed by atoms with Gasteiger partial charge in [0.15, 0.2) is 16.6 Å². The van der Waals surface area contributed by atoms with Gasteiger partial charge in [-0.15, -0.1) is 17.0 Å². The zero-order valence-electron chi connectivity index (χ0n) is 46.9. The highest BCUT2D eigenvalue weighted by molar-refractivity contribution is 8.93. The zero-order valence-corrected chi connectivity index (χ0v) is 51.5. The first-order valence-corrected chi connectivity index (χ1v) is 35.3. The number of hydrogen-bond acceptors (Lipinski definition) is 3. The SMILES string of the molecule is Br.CC(C)(C)[Si](C)(C)OCCC[P+](c1ccccc1)(c1ccccc1)c1ccccc1.CCCCCC(=CCCO[Si](C)(C)C(C)(C)C)CCCCC.CCCCCC(CCCO)CCCCC. The maximum atomic E-state index is 8.86. The summed E-state index contributed by atoms with van der Waals surface area (Å²) >= 11 is 0. The molecule has 0 atom stereocenters. The quantitative estimate of drug-likeness (QED) is 0.0302. The Morgan fingerprint density at radius 1 is 0.515 bits per heavy atom. The van der Waals surface area contributed by atoms with E-state index in [-0.39, 0.29) is 22.0 Å². The highest BCUT2D eigenvalue weighted by Crippen LogP contribution is 2.55. The van der Waals surface area contributed by atoms with Crippen LogP contribution in [-0.2, 0) is 8.85 Å². The summed E-state index contributed by atoms with van der Waals surface area (Å²) in [5.41, 5.74) is 1.68. The number of benzene rings is 3. The third-order valence-electron chi connectivity index (χ3n) is 14.7. The molecule has 0 radical (unpaired) electrons. The summed E-state index contributed by atoms with van der Waals surface area (Å²) in [7, 11) is -5.04. The van der Waals surface area contributed by atoms with Crippen LogP contribution in [0.3, 0.4) is 0 Å². The topological polar surface area (TPSA) is 38.7 Å². The van der Waals surface area contributed by atoms with Crippen molar-refractivity contribution in [1.29, 1.82) is 0 Å². The summed E-state index contributed by atoms with van der Waals surface area (Å²) in [5.74, 6) is 0.884. The van der Waals surface area contributed by atoms with E-state index in [1.807, 2.05) is 0 Å². The monoisotopic (exact) mass is 1060 g/mol. The van der Waals surface area contributed by atoms with Gasteiger partial charge in [-0.25, -0.2) is 0 Å². The van der Waals surface area contributed by atoms with Crippen LogP contribution in [-0.4, -0.2) is 47.7 Å². The van der Waals surface area contributed by atoms with Crippen molar-refractivity contribution in [2.75, 3.05) is 26.0 Å². The summed E-state index contributed by atoms with van der Waals surface area (Å²) in [6, 6.07) is 33.4. The van der Waals surface area contributed by atoms with Crippen molar-refractivity contribution in [1.82, 2.24) is 0 Å². The van der Waals surface area contributed by atoms with Gasteiger partial charge >= 0.3 is 0 Å². The minimum absolute atomic E-state index is 0. The van der Waals surface area contributed by atoms with Crippen LogP contribution in [0.4, 0.5) is 0 Å². The van der Waals surface area contributed by atoms with E-state index in [2.05, 4.69) is 192 Å². The lowest BCUT2D eigenvalue weighted by Crippen LogP contribution is -2.41. The molecule has 0 spiro atoms. The molecule has 7 heteroatoms. The van der Waals surface area contributed by atoms with Crippen LogP contribution < -0.4 is 15.9 Å². The lowest BCUT2D eigenvalue weighted by atomic mass is 9.91. The van der Waals surface area contributed by atoms with Gasteiger partial charge in [-0.3, -0.25) is 0 Å². The lowest BCUT2D eigenvalue weighted by molar-refractivity contribution is 0.262. The summed E-state index contributed by atoms with van der Waals surface area (Å²) in [5, 5.41) is 13.8. The van der Waals surface area contributed by atoms with Crippen LogP contribution in [0.5, 0.6) is 0 Å². The third kappa shape index (κ3) is 26.4. The number of hydrogen-bond donors (Lipinski definition) is 1. The van der Waals surface area contributed by atoms with Crippen molar-refractivity contribution in [2.24, 2.45) is 5.92 Å². The smallest absolute Gasteiger partial charge is 0.191 e. The van der Waals surface area contributed by atoms with Crippen molar-refractivity contribution < 1.29 is 14.0 Å². The molecule has 3 aromatic rings. The van der Waals surface area contributed by atoms with Gasteiger partial charge in [0.2, 0.25) is 0 Å². The average Bonchev–Trinajstić information content (AvgIpc) is 3.30. The fourth-order valence-electron chi connectivity index (χ4n) is 8.23. The fraction of sp³-hybridized carbons (Fsp3) is 0.672. The minimum Gasteiger partial charge on any atom is -0.417 e. The Labute approximate surface area is 436 Å². The molecule has 3 aromatic carbocycles. The zero-order chi connectivity index (χ0) is 50.1. The van der Waals surface area contributed by atoms with Crippen LogP contribution in [0.25, 0.3) is 0 Å². The van der Waals surface area contributed by atoms with E-state index in [1.165, 1.54) is 125 Å². The van der Waals surface area contributed by atoms with Crippen LogP contribution in [0.15, 0.2) is 103 Å². The van der Waals surface area contributed by atoms with Gasteiger partial charge in [-0.1, -0.05) is 213 Å². The number of aliphatic hydroxyl groups is 1. The molecule has 68 heavy (non-hydrogen) atoms. The standard InChI is InChI=1S/C27H36OPSi.C20H42OSi.C14H30O.BrH/c1-27(2,3)30(4,5)28-22-15-23-29(24-16-9-6-10-17-24,25-18-11-7-12-19-25)26-20-13-8-14-21-26;1-8-10-12-15-19(16-13-11-9-2)17-14-18-21-22(6,7)20(3,4)5;1-3-5-7-10-14(12-9-13-15)11-8-6-4-2;/h6-14,16-21H,15,22-23H2,1-5H3;17H,8-16,18H2,1-7H3;14-15H,3-13H2,1-2H3;1H/q+1;;;. The first-order valence-electron chi connectivity index (χ1n) is 27.5. The largest absolute Gasteiger partial charge is 0.417 e. The second kappa shape index (κ2) is 37.4. The van der Waals surface area contributed by atoms with Crippen molar-refractivity contribution in [3.05, 3.63) is 103 Å². The van der Waals surface area contributed by atoms with E-state index < -0.39 is 23.9 Å². The van der Waals surface area contributed by atoms with Gasteiger partial charge in [0, 0.05) is 26.2 Å². The summed E-state index contributed by atoms with van der Waals surface area (Å²) in [6.45, 7) is 34.5. The number of unbranched alkanes of at least 4 members (excludes halogenated alkanes) is 8. The lowest BCUT2D eigenvalue weighted by Gasteiger charge is -2.36. The molecule has 0 unspecified atom stereocenters. The summed E-state index contributed by atoms with van der Waals surface area (Å²) < 4.78 is 12.8. The van der Waals surface area contributed by atoms with Crippen LogP contribution >= 0.6 is 24.2 Å². The molecule has 0 aliphatic carbocycles. The minimum atomic E-state index is -1.74. The third-order valence-corrected chi connectivity index (χ3v) is 28.3. The molecule has 0 amide bonds. The Hall–Kier alpha value is -1.38. The number of aliphatic hydroxyl groups excluding tert-OH is 1. The van der Waals surface area contributed by atoms with E-state index in [9.17, 15) is 0 Å². The Morgan fingerprint density at radius 2 is 0.868 bits per heavy atom. The van der Waals surface area contributed by atoms with Crippen LogP contribution in [0, 0.1) is 5.92 Å². The first-order chi connectivity index (χ1) is 31.9. The molecule has 0 fully saturated rings. The highest BCUT2D eigenvalue weighted by atomic mass is 79.9. The molecule has 0 aromatic heterocycles. The van der Waals surface area contributed by atoms with E-state index in [1.54, 1.807) is 5.57 Å². The van der Waals surface area contributed by atoms with Gasteiger partial charge in [-0.05, 0) is 124 Å². The fourth-order valence-corrected chi connectivity index (χ4v) is 14.7. The van der Waals surface area contributed by atoms with E-state index in [4.69, 9.17) is 14.0 Å². The number of allylic oxidation sites excluding steroid dienone is 1. The Balaban J connectivity index is 0.00000105. The Kier molecular flexibility index (Phi) is 36.6. The summed E-state index contributed by atoms with van der Waals surface area (Å²) in [6.07, 6.45) is 29.7. The van der Waals surface area contributed by atoms with Gasteiger partial charge < -0.3 is 14.0 Å². The van der Waals surface area contributed by atoms with Gasteiger partial charge in [-0.2, -0.15) is 0 Å². The summed E-state index contributed by atoms with van der Waals surface area (Å²) in [4.78, 5) is 0. The van der Waals surface area contributed by atoms with E-state index >= 15 is 0 Å². The number of rotatable bonds is 31. The van der Waals surface area contributed by atoms with Crippen molar-refractivity contribution in [3.8, 4) is 0 Å². The molecule has 0 bridgehead atoms. The van der Waals surface area contributed by atoms with Gasteiger partial charge in [0.25, 0.3) is 0 Å². The molecule has 3 nitrogen and oxygen atoms in total. The molecular formula is C61H109BrO3PSi2+. The maximum Gasteiger partial charge on any atom is 0.191 e. The van der Waals surface area contributed by atoms with Gasteiger partial charge in [0.1, 0.15) is 23.2 Å². The second-order valence-corrected chi connectivity index (χ2v) is 35.6. The van der Waals surface area contributed by atoms with Crippen molar-refractivity contribution in [3.63, 3.8) is 0 Å². The molecule has 390 valence electrons. The average molecular weight is 1060 g/mol. The first kappa shape index (κ1) is 66.6.